The first-order valence-corrected chi connectivity index (χ1v) is 7.71. The molecule has 0 spiro atoms. The molecule has 1 N–H and O–H groups in total. The second-order valence-electron chi connectivity index (χ2n) is 5.94. The molecule has 4 nitrogen and oxygen atoms in total. The summed E-state index contributed by atoms with van der Waals surface area (Å²) in [7, 11) is 0. The lowest BCUT2D eigenvalue weighted by Gasteiger charge is -2.13. The Morgan fingerprint density at radius 1 is 1.04 bits per heavy atom. The van der Waals surface area contributed by atoms with Crippen molar-refractivity contribution in [3.05, 3.63) is 70.3 Å². The SMILES string of the molecule is Cc1cc(C)c(CNC(=O)c2cc(F)cc3nccnc23)c(C)c1. The van der Waals surface area contributed by atoms with Gasteiger partial charge in [-0.3, -0.25) is 14.8 Å². The first-order valence-electron chi connectivity index (χ1n) is 7.71. The lowest BCUT2D eigenvalue weighted by atomic mass is 10.00. The number of hydrogen-bond donors (Lipinski definition) is 1. The van der Waals surface area contributed by atoms with Crippen molar-refractivity contribution in [2.45, 2.75) is 27.3 Å². The molecule has 122 valence electrons. The maximum absolute atomic E-state index is 13.7. The van der Waals surface area contributed by atoms with Crippen molar-refractivity contribution in [2.24, 2.45) is 0 Å². The first-order chi connectivity index (χ1) is 11.5. The monoisotopic (exact) mass is 323 g/mol. The van der Waals surface area contributed by atoms with Crippen LogP contribution in [0.15, 0.2) is 36.7 Å². The predicted octanol–water partition coefficient (Wildman–Crippen LogP) is 3.62. The minimum absolute atomic E-state index is 0.195. The van der Waals surface area contributed by atoms with Gasteiger partial charge in [0.05, 0.1) is 11.1 Å². The van der Waals surface area contributed by atoms with Crippen molar-refractivity contribution >= 4 is 16.9 Å². The van der Waals surface area contributed by atoms with Gasteiger partial charge in [-0.25, -0.2) is 4.39 Å². The Morgan fingerprint density at radius 2 is 1.71 bits per heavy atom. The van der Waals surface area contributed by atoms with E-state index in [-0.39, 0.29) is 11.5 Å². The number of carbonyl (C=O) groups excluding carboxylic acids is 1. The van der Waals surface area contributed by atoms with E-state index in [2.05, 4.69) is 27.4 Å². The molecular formula is C19H18FN3O. The molecule has 0 bridgehead atoms. The fourth-order valence-corrected chi connectivity index (χ4v) is 2.97. The highest BCUT2D eigenvalue weighted by Crippen LogP contribution is 2.18. The number of rotatable bonds is 3. The minimum atomic E-state index is -0.504. The van der Waals surface area contributed by atoms with Crippen molar-refractivity contribution in [1.82, 2.24) is 15.3 Å². The van der Waals surface area contributed by atoms with Crippen LogP contribution < -0.4 is 5.32 Å². The Balaban J connectivity index is 1.89. The number of aromatic nitrogens is 2. The molecule has 3 rings (SSSR count). The van der Waals surface area contributed by atoms with Crippen LogP contribution in [-0.4, -0.2) is 15.9 Å². The Hall–Kier alpha value is -2.82. The third kappa shape index (κ3) is 3.11. The summed E-state index contributed by atoms with van der Waals surface area (Å²) >= 11 is 0. The molecule has 1 amide bonds. The molecule has 0 radical (unpaired) electrons. The summed E-state index contributed by atoms with van der Waals surface area (Å²) in [5.41, 5.74) is 5.46. The quantitative estimate of drug-likeness (QED) is 0.801. The molecule has 1 aromatic heterocycles. The lowest BCUT2D eigenvalue weighted by molar-refractivity contribution is 0.0952. The standard InChI is InChI=1S/C19H18FN3O/c1-11-6-12(2)16(13(3)7-11)10-23-19(24)15-8-14(20)9-17-18(15)22-5-4-21-17/h4-9H,10H2,1-3H3,(H,23,24). The third-order valence-electron chi connectivity index (χ3n) is 4.05. The molecule has 2 aromatic carbocycles. The largest absolute Gasteiger partial charge is 0.348 e. The van der Waals surface area contributed by atoms with E-state index in [1.165, 1.54) is 30.1 Å². The lowest BCUT2D eigenvalue weighted by Crippen LogP contribution is -2.24. The molecule has 0 aliphatic rings. The summed E-state index contributed by atoms with van der Waals surface area (Å²) in [6.07, 6.45) is 2.97. The van der Waals surface area contributed by atoms with Gasteiger partial charge in [0.25, 0.3) is 5.91 Å². The van der Waals surface area contributed by atoms with Crippen LogP contribution in [0.5, 0.6) is 0 Å². The molecule has 0 atom stereocenters. The summed E-state index contributed by atoms with van der Waals surface area (Å²) in [4.78, 5) is 20.7. The zero-order valence-corrected chi connectivity index (χ0v) is 13.9. The zero-order chi connectivity index (χ0) is 17.3. The Morgan fingerprint density at radius 3 is 2.42 bits per heavy atom. The fraction of sp³-hybridized carbons (Fsp3) is 0.211. The number of halogens is 1. The van der Waals surface area contributed by atoms with Gasteiger partial charge in [0.15, 0.2) is 0 Å². The predicted molar refractivity (Wildman–Crippen MR) is 91.3 cm³/mol. The topological polar surface area (TPSA) is 54.9 Å². The first kappa shape index (κ1) is 16.1. The van der Waals surface area contributed by atoms with Crippen molar-refractivity contribution in [2.75, 3.05) is 0 Å². The van der Waals surface area contributed by atoms with E-state index in [9.17, 15) is 9.18 Å². The Labute approximate surface area is 139 Å². The van der Waals surface area contributed by atoms with E-state index in [1.807, 2.05) is 20.8 Å². The van der Waals surface area contributed by atoms with Crippen molar-refractivity contribution in [3.8, 4) is 0 Å². The van der Waals surface area contributed by atoms with Crippen LogP contribution in [0.3, 0.4) is 0 Å². The highest BCUT2D eigenvalue weighted by atomic mass is 19.1. The van der Waals surface area contributed by atoms with E-state index < -0.39 is 5.82 Å². The van der Waals surface area contributed by atoms with Gasteiger partial charge >= 0.3 is 0 Å². The molecule has 0 saturated carbocycles. The van der Waals surface area contributed by atoms with Crippen LogP contribution in [0, 0.1) is 26.6 Å². The van der Waals surface area contributed by atoms with Gasteiger partial charge in [-0.1, -0.05) is 17.7 Å². The van der Waals surface area contributed by atoms with E-state index in [0.717, 1.165) is 16.7 Å². The normalized spacial score (nSPS) is 10.8. The van der Waals surface area contributed by atoms with E-state index in [0.29, 0.717) is 17.6 Å². The number of carbonyl (C=O) groups is 1. The maximum Gasteiger partial charge on any atom is 0.253 e. The zero-order valence-electron chi connectivity index (χ0n) is 13.9. The molecule has 5 heteroatoms. The Kier molecular flexibility index (Phi) is 4.25. The number of nitrogens with zero attached hydrogens (tertiary/aromatic N) is 2. The van der Waals surface area contributed by atoms with Gasteiger partial charge in [0, 0.05) is 25.0 Å². The van der Waals surface area contributed by atoms with Crippen LogP contribution in [0.2, 0.25) is 0 Å². The van der Waals surface area contributed by atoms with Gasteiger partial charge in [-0.05, 0) is 43.5 Å². The third-order valence-corrected chi connectivity index (χ3v) is 4.05. The highest BCUT2D eigenvalue weighted by molar-refractivity contribution is 6.04. The van der Waals surface area contributed by atoms with Crippen molar-refractivity contribution < 1.29 is 9.18 Å². The molecule has 0 aliphatic heterocycles. The maximum atomic E-state index is 13.7. The van der Waals surface area contributed by atoms with E-state index in [1.54, 1.807) is 0 Å². The van der Waals surface area contributed by atoms with Crippen LogP contribution in [-0.2, 0) is 6.54 Å². The van der Waals surface area contributed by atoms with Gasteiger partial charge in [0.1, 0.15) is 11.3 Å². The Bertz CT molecular complexity index is 914. The highest BCUT2D eigenvalue weighted by Gasteiger charge is 2.14. The summed E-state index contributed by atoms with van der Waals surface area (Å²) in [6, 6.07) is 6.63. The summed E-state index contributed by atoms with van der Waals surface area (Å²) in [6.45, 7) is 6.46. The summed E-state index contributed by atoms with van der Waals surface area (Å²) in [5.74, 6) is -0.866. The summed E-state index contributed by atoms with van der Waals surface area (Å²) in [5, 5.41) is 2.86. The summed E-state index contributed by atoms with van der Waals surface area (Å²) < 4.78 is 13.7. The average Bonchev–Trinajstić information content (AvgIpc) is 2.52. The molecule has 1 heterocycles. The second kappa shape index (κ2) is 6.35. The van der Waals surface area contributed by atoms with E-state index >= 15 is 0 Å². The van der Waals surface area contributed by atoms with Crippen LogP contribution in [0.4, 0.5) is 4.39 Å². The van der Waals surface area contributed by atoms with Crippen molar-refractivity contribution in [1.29, 1.82) is 0 Å². The van der Waals surface area contributed by atoms with Gasteiger partial charge in [-0.15, -0.1) is 0 Å². The van der Waals surface area contributed by atoms with Crippen LogP contribution >= 0.6 is 0 Å². The molecule has 0 unspecified atom stereocenters. The molecule has 3 aromatic rings. The van der Waals surface area contributed by atoms with Crippen LogP contribution in [0.25, 0.3) is 11.0 Å². The molecular weight excluding hydrogens is 305 g/mol. The number of hydrogen-bond acceptors (Lipinski definition) is 3. The number of nitrogens with one attached hydrogen (secondary N) is 1. The van der Waals surface area contributed by atoms with E-state index in [4.69, 9.17) is 0 Å². The fourth-order valence-electron chi connectivity index (χ4n) is 2.97. The van der Waals surface area contributed by atoms with Gasteiger partial charge in [-0.2, -0.15) is 0 Å². The number of benzene rings is 2. The van der Waals surface area contributed by atoms with Crippen LogP contribution in [0.1, 0.15) is 32.6 Å². The molecule has 0 saturated heterocycles. The smallest absolute Gasteiger partial charge is 0.253 e. The molecule has 0 fully saturated rings. The van der Waals surface area contributed by atoms with Gasteiger partial charge < -0.3 is 5.32 Å². The molecule has 24 heavy (non-hydrogen) atoms. The number of aryl methyl sites for hydroxylation is 3. The van der Waals surface area contributed by atoms with Crippen molar-refractivity contribution in [3.63, 3.8) is 0 Å². The number of amides is 1. The molecule has 0 aliphatic carbocycles. The average molecular weight is 323 g/mol. The number of fused-ring (bicyclic) bond motifs is 1. The van der Waals surface area contributed by atoms with Gasteiger partial charge in [0.2, 0.25) is 0 Å². The second-order valence-corrected chi connectivity index (χ2v) is 5.94. The minimum Gasteiger partial charge on any atom is -0.348 e.